The number of hydrogen-bond acceptors (Lipinski definition) is 3. The number of carboxylic acid groups (broad SMARTS) is 1. The van der Waals surface area contributed by atoms with Crippen molar-refractivity contribution < 1.29 is 9.90 Å². The van der Waals surface area contributed by atoms with Gasteiger partial charge in [-0.05, 0) is 33.5 Å². The van der Waals surface area contributed by atoms with E-state index in [1.807, 2.05) is 24.3 Å². The summed E-state index contributed by atoms with van der Waals surface area (Å²) in [7, 11) is 0. The molecule has 0 saturated heterocycles. The molecule has 0 saturated carbocycles. The van der Waals surface area contributed by atoms with Gasteiger partial charge in [-0.15, -0.1) is 11.3 Å². The van der Waals surface area contributed by atoms with Gasteiger partial charge < -0.3 is 5.11 Å². The first kappa shape index (κ1) is 12.3. The molecule has 2 aromatic rings. The first-order valence-electron chi connectivity index (χ1n) is 5.10. The molecule has 1 aromatic heterocycles. The number of aromatic nitrogens is 1. The molecule has 1 aromatic carbocycles. The SMILES string of the molecule is CCc1ccc(-c2sc(Br)nc2C(=O)O)cc1. The summed E-state index contributed by atoms with van der Waals surface area (Å²) in [6.45, 7) is 2.08. The fourth-order valence-corrected chi connectivity index (χ4v) is 2.98. The van der Waals surface area contributed by atoms with Crippen molar-refractivity contribution in [3.8, 4) is 10.4 Å². The fraction of sp³-hybridized carbons (Fsp3) is 0.167. The topological polar surface area (TPSA) is 50.2 Å². The van der Waals surface area contributed by atoms with Gasteiger partial charge in [-0.2, -0.15) is 0 Å². The van der Waals surface area contributed by atoms with Gasteiger partial charge in [0.15, 0.2) is 9.61 Å². The lowest BCUT2D eigenvalue weighted by Crippen LogP contribution is -1.98. The molecule has 0 aliphatic heterocycles. The summed E-state index contributed by atoms with van der Waals surface area (Å²) in [6.07, 6.45) is 0.971. The number of benzene rings is 1. The van der Waals surface area contributed by atoms with Crippen LogP contribution in [-0.2, 0) is 6.42 Å². The molecule has 0 bridgehead atoms. The Labute approximate surface area is 111 Å². The van der Waals surface area contributed by atoms with Gasteiger partial charge in [0.05, 0.1) is 4.88 Å². The van der Waals surface area contributed by atoms with Gasteiger partial charge in [0.25, 0.3) is 0 Å². The smallest absolute Gasteiger partial charge is 0.356 e. The lowest BCUT2D eigenvalue weighted by atomic mass is 10.1. The highest BCUT2D eigenvalue weighted by atomic mass is 79.9. The van der Waals surface area contributed by atoms with Crippen LogP contribution in [0, 0.1) is 0 Å². The van der Waals surface area contributed by atoms with E-state index in [0.717, 1.165) is 12.0 Å². The molecule has 0 atom stereocenters. The molecule has 1 heterocycles. The largest absolute Gasteiger partial charge is 0.476 e. The maximum Gasteiger partial charge on any atom is 0.356 e. The fourth-order valence-electron chi connectivity index (χ4n) is 1.53. The predicted molar refractivity (Wildman–Crippen MR) is 71.6 cm³/mol. The van der Waals surface area contributed by atoms with E-state index in [1.165, 1.54) is 16.9 Å². The van der Waals surface area contributed by atoms with Crippen LogP contribution in [0.4, 0.5) is 0 Å². The monoisotopic (exact) mass is 311 g/mol. The zero-order chi connectivity index (χ0) is 12.4. The van der Waals surface area contributed by atoms with Gasteiger partial charge in [-0.3, -0.25) is 0 Å². The van der Waals surface area contributed by atoms with Crippen LogP contribution in [0.2, 0.25) is 0 Å². The average molecular weight is 312 g/mol. The van der Waals surface area contributed by atoms with Gasteiger partial charge in [0.2, 0.25) is 0 Å². The third-order valence-corrected chi connectivity index (χ3v) is 3.98. The number of aromatic carboxylic acids is 1. The zero-order valence-electron chi connectivity index (χ0n) is 9.11. The second-order valence-corrected chi connectivity index (χ2v) is 5.78. The molecule has 0 fully saturated rings. The first-order chi connectivity index (χ1) is 8.11. The Morgan fingerprint density at radius 3 is 2.59 bits per heavy atom. The van der Waals surface area contributed by atoms with Crippen molar-refractivity contribution in [2.75, 3.05) is 0 Å². The second-order valence-electron chi connectivity index (χ2n) is 3.50. The summed E-state index contributed by atoms with van der Waals surface area (Å²) in [6, 6.07) is 7.89. The summed E-state index contributed by atoms with van der Waals surface area (Å²) in [4.78, 5) is 15.7. The van der Waals surface area contributed by atoms with Gasteiger partial charge in [-0.25, -0.2) is 9.78 Å². The molecular weight excluding hydrogens is 302 g/mol. The van der Waals surface area contributed by atoms with Crippen molar-refractivity contribution in [3.05, 3.63) is 39.4 Å². The number of carboxylic acids is 1. The highest BCUT2D eigenvalue weighted by Gasteiger charge is 2.17. The Morgan fingerprint density at radius 1 is 1.41 bits per heavy atom. The average Bonchev–Trinajstić information content (AvgIpc) is 2.72. The predicted octanol–water partition coefficient (Wildman–Crippen LogP) is 3.83. The van der Waals surface area contributed by atoms with Crippen LogP contribution in [0.25, 0.3) is 10.4 Å². The Morgan fingerprint density at radius 2 is 2.06 bits per heavy atom. The van der Waals surface area contributed by atoms with Gasteiger partial charge in [-0.1, -0.05) is 31.2 Å². The van der Waals surface area contributed by atoms with Crippen molar-refractivity contribution in [1.29, 1.82) is 0 Å². The molecule has 17 heavy (non-hydrogen) atoms. The molecule has 2 rings (SSSR count). The minimum absolute atomic E-state index is 0.103. The maximum absolute atomic E-state index is 11.1. The van der Waals surface area contributed by atoms with Gasteiger partial charge >= 0.3 is 5.97 Å². The van der Waals surface area contributed by atoms with Crippen LogP contribution in [0.15, 0.2) is 28.2 Å². The van der Waals surface area contributed by atoms with Crippen LogP contribution in [0.5, 0.6) is 0 Å². The van der Waals surface area contributed by atoms with Crippen molar-refractivity contribution in [2.24, 2.45) is 0 Å². The van der Waals surface area contributed by atoms with E-state index < -0.39 is 5.97 Å². The van der Waals surface area contributed by atoms with Crippen molar-refractivity contribution in [3.63, 3.8) is 0 Å². The number of aryl methyl sites for hydroxylation is 1. The molecule has 0 aliphatic rings. The van der Waals surface area contributed by atoms with E-state index in [9.17, 15) is 4.79 Å². The minimum Gasteiger partial charge on any atom is -0.476 e. The minimum atomic E-state index is -0.999. The second kappa shape index (κ2) is 4.98. The van der Waals surface area contributed by atoms with Gasteiger partial charge in [0.1, 0.15) is 0 Å². The Kier molecular flexibility index (Phi) is 3.59. The highest BCUT2D eigenvalue weighted by molar-refractivity contribution is 9.11. The summed E-state index contributed by atoms with van der Waals surface area (Å²) in [5, 5.41) is 9.06. The third-order valence-electron chi connectivity index (χ3n) is 2.43. The van der Waals surface area contributed by atoms with E-state index in [-0.39, 0.29) is 5.69 Å². The van der Waals surface area contributed by atoms with E-state index >= 15 is 0 Å². The quantitative estimate of drug-likeness (QED) is 0.937. The Hall–Kier alpha value is -1.20. The maximum atomic E-state index is 11.1. The highest BCUT2D eigenvalue weighted by Crippen LogP contribution is 2.33. The third kappa shape index (κ3) is 2.56. The molecule has 0 spiro atoms. The van der Waals surface area contributed by atoms with E-state index in [4.69, 9.17) is 5.11 Å². The standard InChI is InChI=1S/C12H10BrNO2S/c1-2-7-3-5-8(6-4-7)10-9(11(15)16)14-12(13)17-10/h3-6H,2H2,1H3,(H,15,16). The van der Waals surface area contributed by atoms with Gasteiger partial charge in [0, 0.05) is 0 Å². The summed E-state index contributed by atoms with van der Waals surface area (Å²) in [5.41, 5.74) is 2.23. The van der Waals surface area contributed by atoms with Crippen molar-refractivity contribution >= 4 is 33.2 Å². The van der Waals surface area contributed by atoms with E-state index in [2.05, 4.69) is 27.8 Å². The molecular formula is C12H10BrNO2S. The normalized spacial score (nSPS) is 10.5. The lowest BCUT2D eigenvalue weighted by molar-refractivity contribution is 0.0692. The van der Waals surface area contributed by atoms with Crippen molar-refractivity contribution in [1.82, 2.24) is 4.98 Å². The zero-order valence-corrected chi connectivity index (χ0v) is 11.5. The Bertz CT molecular complexity index is 548. The molecule has 5 heteroatoms. The number of thiazole rings is 1. The number of rotatable bonds is 3. The number of halogens is 1. The van der Waals surface area contributed by atoms with Crippen LogP contribution in [0.1, 0.15) is 23.0 Å². The Balaban J connectivity index is 2.48. The molecule has 0 unspecified atom stereocenters. The summed E-state index contributed by atoms with van der Waals surface area (Å²) >= 11 is 4.55. The molecule has 0 radical (unpaired) electrons. The molecule has 0 amide bonds. The lowest BCUT2D eigenvalue weighted by Gasteiger charge is -2.00. The van der Waals surface area contributed by atoms with Crippen LogP contribution < -0.4 is 0 Å². The van der Waals surface area contributed by atoms with E-state index in [1.54, 1.807) is 0 Å². The first-order valence-corrected chi connectivity index (χ1v) is 6.71. The van der Waals surface area contributed by atoms with Crippen LogP contribution >= 0.6 is 27.3 Å². The molecule has 88 valence electrons. The van der Waals surface area contributed by atoms with Crippen molar-refractivity contribution in [2.45, 2.75) is 13.3 Å². The summed E-state index contributed by atoms with van der Waals surface area (Å²) in [5.74, 6) is -0.999. The number of hydrogen-bond donors (Lipinski definition) is 1. The molecule has 3 nitrogen and oxygen atoms in total. The number of nitrogens with zero attached hydrogens (tertiary/aromatic N) is 1. The van der Waals surface area contributed by atoms with Crippen LogP contribution in [-0.4, -0.2) is 16.1 Å². The van der Waals surface area contributed by atoms with E-state index in [0.29, 0.717) is 8.79 Å². The molecule has 0 aliphatic carbocycles. The summed E-state index contributed by atoms with van der Waals surface area (Å²) < 4.78 is 0.587. The number of carbonyl (C=O) groups is 1. The van der Waals surface area contributed by atoms with Crippen LogP contribution in [0.3, 0.4) is 0 Å². The molecule has 1 N–H and O–H groups in total.